The van der Waals surface area contributed by atoms with Crippen molar-refractivity contribution in [2.75, 3.05) is 19.8 Å². The number of amides is 1. The van der Waals surface area contributed by atoms with Crippen molar-refractivity contribution < 1.29 is 19.7 Å². The Hall–Kier alpha value is -1.07. The first-order chi connectivity index (χ1) is 6.64. The Morgan fingerprint density at radius 3 is 2.50 bits per heavy atom. The standard InChI is InChI=1S/C9H17NO4/c1-3-5-14-8(13)10-9(4-2,6-11)7-12/h3,11-12H,1,4-7H2,2H3,(H,10,13). The summed E-state index contributed by atoms with van der Waals surface area (Å²) < 4.78 is 4.66. The van der Waals surface area contributed by atoms with Gasteiger partial charge >= 0.3 is 6.09 Å². The average Bonchev–Trinajstić information content (AvgIpc) is 2.23. The summed E-state index contributed by atoms with van der Waals surface area (Å²) in [6, 6.07) is 0. The highest BCUT2D eigenvalue weighted by atomic mass is 16.5. The van der Waals surface area contributed by atoms with Crippen molar-refractivity contribution in [3.8, 4) is 0 Å². The van der Waals surface area contributed by atoms with E-state index in [0.717, 1.165) is 0 Å². The number of ether oxygens (including phenoxy) is 1. The second kappa shape index (κ2) is 6.39. The van der Waals surface area contributed by atoms with Gasteiger partial charge in [-0.15, -0.1) is 0 Å². The van der Waals surface area contributed by atoms with Crippen LogP contribution >= 0.6 is 0 Å². The van der Waals surface area contributed by atoms with Crippen LogP contribution in [0.3, 0.4) is 0 Å². The van der Waals surface area contributed by atoms with Gasteiger partial charge in [0.2, 0.25) is 0 Å². The van der Waals surface area contributed by atoms with E-state index in [1.54, 1.807) is 6.92 Å². The summed E-state index contributed by atoms with van der Waals surface area (Å²) in [5, 5.41) is 20.4. The molecule has 0 saturated carbocycles. The molecular formula is C9H17NO4. The van der Waals surface area contributed by atoms with E-state index < -0.39 is 11.6 Å². The van der Waals surface area contributed by atoms with Crippen molar-refractivity contribution in [1.29, 1.82) is 0 Å². The van der Waals surface area contributed by atoms with Crippen LogP contribution < -0.4 is 5.32 Å². The van der Waals surface area contributed by atoms with Gasteiger partial charge in [0.05, 0.1) is 18.8 Å². The van der Waals surface area contributed by atoms with Gasteiger partial charge in [0.1, 0.15) is 6.61 Å². The number of rotatable bonds is 6. The van der Waals surface area contributed by atoms with Gasteiger partial charge in [-0.05, 0) is 6.42 Å². The topological polar surface area (TPSA) is 78.8 Å². The summed E-state index contributed by atoms with van der Waals surface area (Å²) in [5.41, 5.74) is -1.00. The second-order valence-corrected chi connectivity index (χ2v) is 2.96. The smallest absolute Gasteiger partial charge is 0.408 e. The zero-order chi connectivity index (χ0) is 11.0. The predicted molar refractivity (Wildman–Crippen MR) is 51.9 cm³/mol. The van der Waals surface area contributed by atoms with Crippen molar-refractivity contribution in [3.63, 3.8) is 0 Å². The number of carbonyl (C=O) groups is 1. The largest absolute Gasteiger partial charge is 0.445 e. The van der Waals surface area contributed by atoms with Gasteiger partial charge in [-0.3, -0.25) is 0 Å². The SMILES string of the molecule is C=CCOC(=O)NC(CC)(CO)CO. The lowest BCUT2D eigenvalue weighted by Gasteiger charge is -2.28. The lowest BCUT2D eigenvalue weighted by Crippen LogP contribution is -2.53. The first-order valence-electron chi connectivity index (χ1n) is 4.41. The molecule has 0 aliphatic rings. The van der Waals surface area contributed by atoms with Crippen LogP contribution in [-0.2, 0) is 4.74 Å². The minimum absolute atomic E-state index is 0.0997. The maximum atomic E-state index is 11.1. The Morgan fingerprint density at radius 2 is 2.14 bits per heavy atom. The number of hydrogen-bond donors (Lipinski definition) is 3. The molecule has 0 aromatic carbocycles. The van der Waals surface area contributed by atoms with Crippen LogP contribution in [0.5, 0.6) is 0 Å². The van der Waals surface area contributed by atoms with Gasteiger partial charge < -0.3 is 20.3 Å². The first-order valence-corrected chi connectivity index (χ1v) is 4.41. The van der Waals surface area contributed by atoms with E-state index in [-0.39, 0.29) is 19.8 Å². The highest BCUT2D eigenvalue weighted by Crippen LogP contribution is 2.08. The summed E-state index contributed by atoms with van der Waals surface area (Å²) in [6.07, 6.45) is 1.18. The predicted octanol–water partition coefficient (Wildman–Crippen LogP) is 0.0320. The maximum absolute atomic E-state index is 11.1. The highest BCUT2D eigenvalue weighted by Gasteiger charge is 2.28. The fourth-order valence-corrected chi connectivity index (χ4v) is 0.828. The minimum Gasteiger partial charge on any atom is -0.445 e. The van der Waals surface area contributed by atoms with E-state index >= 15 is 0 Å². The van der Waals surface area contributed by atoms with E-state index in [9.17, 15) is 4.79 Å². The summed E-state index contributed by atoms with van der Waals surface area (Å²) in [4.78, 5) is 11.1. The Morgan fingerprint density at radius 1 is 1.57 bits per heavy atom. The Kier molecular flexibility index (Phi) is 5.91. The third-order valence-corrected chi connectivity index (χ3v) is 1.98. The summed E-state index contributed by atoms with van der Waals surface area (Å²) >= 11 is 0. The molecule has 3 N–H and O–H groups in total. The Balaban J connectivity index is 4.14. The maximum Gasteiger partial charge on any atom is 0.408 e. The van der Waals surface area contributed by atoms with E-state index in [0.29, 0.717) is 6.42 Å². The second-order valence-electron chi connectivity index (χ2n) is 2.96. The van der Waals surface area contributed by atoms with Gasteiger partial charge in [0.15, 0.2) is 0 Å². The van der Waals surface area contributed by atoms with Crippen LogP contribution in [0.25, 0.3) is 0 Å². The molecule has 1 amide bonds. The Labute approximate surface area is 83.4 Å². The summed E-state index contributed by atoms with van der Waals surface area (Å²) in [7, 11) is 0. The number of carbonyl (C=O) groups excluding carboxylic acids is 1. The molecule has 5 heteroatoms. The fraction of sp³-hybridized carbons (Fsp3) is 0.667. The summed E-state index contributed by atoms with van der Waals surface area (Å²) in [6.45, 7) is 4.58. The molecule has 0 aliphatic carbocycles. The molecule has 0 aliphatic heterocycles. The van der Waals surface area contributed by atoms with Crippen LogP contribution in [-0.4, -0.2) is 41.7 Å². The monoisotopic (exact) mass is 203 g/mol. The minimum atomic E-state index is -1.00. The van der Waals surface area contributed by atoms with Gasteiger partial charge in [-0.1, -0.05) is 19.6 Å². The molecule has 14 heavy (non-hydrogen) atoms. The van der Waals surface area contributed by atoms with Crippen molar-refractivity contribution in [1.82, 2.24) is 5.32 Å². The average molecular weight is 203 g/mol. The van der Waals surface area contributed by atoms with Crippen LogP contribution in [0, 0.1) is 0 Å². The van der Waals surface area contributed by atoms with Crippen molar-refractivity contribution >= 4 is 6.09 Å². The molecule has 0 radical (unpaired) electrons. The van der Waals surface area contributed by atoms with Crippen LogP contribution in [0.2, 0.25) is 0 Å². The molecule has 0 aromatic rings. The van der Waals surface area contributed by atoms with Crippen molar-refractivity contribution in [2.24, 2.45) is 0 Å². The molecule has 0 unspecified atom stereocenters. The lowest BCUT2D eigenvalue weighted by atomic mass is 9.99. The number of hydrogen-bond acceptors (Lipinski definition) is 4. The number of alkyl carbamates (subject to hydrolysis) is 1. The first kappa shape index (κ1) is 12.9. The number of aliphatic hydroxyl groups excluding tert-OH is 2. The Bertz CT molecular complexity index is 181. The van der Waals surface area contributed by atoms with Gasteiger partial charge in [-0.2, -0.15) is 0 Å². The lowest BCUT2D eigenvalue weighted by molar-refractivity contribution is 0.0755. The van der Waals surface area contributed by atoms with E-state index in [2.05, 4.69) is 16.6 Å². The van der Waals surface area contributed by atoms with Gasteiger partial charge in [0.25, 0.3) is 0 Å². The molecule has 0 atom stereocenters. The third kappa shape index (κ3) is 3.76. The third-order valence-electron chi connectivity index (χ3n) is 1.98. The molecule has 82 valence electrons. The fourth-order valence-electron chi connectivity index (χ4n) is 0.828. The normalized spacial score (nSPS) is 10.8. The molecule has 5 nitrogen and oxygen atoms in total. The molecule has 0 bridgehead atoms. The van der Waals surface area contributed by atoms with Crippen molar-refractivity contribution in [3.05, 3.63) is 12.7 Å². The molecule has 0 fully saturated rings. The number of nitrogens with one attached hydrogen (secondary N) is 1. The molecule has 0 spiro atoms. The molecular weight excluding hydrogens is 186 g/mol. The molecule has 0 aromatic heterocycles. The van der Waals surface area contributed by atoms with Gasteiger partial charge in [-0.25, -0.2) is 4.79 Å². The van der Waals surface area contributed by atoms with Crippen LogP contribution in [0.4, 0.5) is 4.79 Å². The summed E-state index contributed by atoms with van der Waals surface area (Å²) in [5.74, 6) is 0. The quantitative estimate of drug-likeness (QED) is 0.532. The zero-order valence-electron chi connectivity index (χ0n) is 8.32. The van der Waals surface area contributed by atoms with Crippen molar-refractivity contribution in [2.45, 2.75) is 18.9 Å². The van der Waals surface area contributed by atoms with E-state index in [1.807, 2.05) is 0 Å². The van der Waals surface area contributed by atoms with E-state index in [4.69, 9.17) is 10.2 Å². The van der Waals surface area contributed by atoms with E-state index in [1.165, 1.54) is 6.08 Å². The number of aliphatic hydroxyl groups is 2. The van der Waals surface area contributed by atoms with Crippen LogP contribution in [0.15, 0.2) is 12.7 Å². The molecule has 0 saturated heterocycles. The van der Waals surface area contributed by atoms with Gasteiger partial charge in [0, 0.05) is 0 Å². The van der Waals surface area contributed by atoms with Crippen LogP contribution in [0.1, 0.15) is 13.3 Å². The highest BCUT2D eigenvalue weighted by molar-refractivity contribution is 5.68. The molecule has 0 heterocycles. The zero-order valence-corrected chi connectivity index (χ0v) is 8.32. The molecule has 0 rings (SSSR count).